The Kier molecular flexibility index (Phi) is 4.38. The second-order valence-electron chi connectivity index (χ2n) is 5.63. The summed E-state index contributed by atoms with van der Waals surface area (Å²) in [5, 5.41) is 5.22. The van der Waals surface area contributed by atoms with Crippen LogP contribution in [0.2, 0.25) is 0 Å². The van der Waals surface area contributed by atoms with Crippen molar-refractivity contribution >= 4 is 16.7 Å². The first kappa shape index (κ1) is 15.2. The summed E-state index contributed by atoms with van der Waals surface area (Å²) in [5.41, 5.74) is 1.47. The number of benzene rings is 3. The van der Waals surface area contributed by atoms with Crippen molar-refractivity contribution in [2.45, 2.75) is 19.4 Å². The van der Waals surface area contributed by atoms with E-state index in [-0.39, 0.29) is 24.2 Å². The molecule has 0 saturated heterocycles. The Hall–Kier alpha value is -2.68. The lowest BCUT2D eigenvalue weighted by Crippen LogP contribution is -2.28. The Bertz CT molecular complexity index is 838. The third kappa shape index (κ3) is 3.39. The molecular weight excluding hydrogens is 289 g/mol. The molecule has 1 amide bonds. The lowest BCUT2D eigenvalue weighted by atomic mass is 9.99. The van der Waals surface area contributed by atoms with Crippen molar-refractivity contribution in [3.05, 3.63) is 83.7 Å². The molecule has 0 aromatic heterocycles. The van der Waals surface area contributed by atoms with Gasteiger partial charge in [0.05, 0.1) is 12.5 Å². The van der Waals surface area contributed by atoms with Gasteiger partial charge in [-0.3, -0.25) is 4.79 Å². The second-order valence-corrected chi connectivity index (χ2v) is 5.63. The van der Waals surface area contributed by atoms with E-state index in [1.165, 1.54) is 6.07 Å². The molecule has 3 rings (SSSR count). The average Bonchev–Trinajstić information content (AvgIpc) is 2.56. The fourth-order valence-electron chi connectivity index (χ4n) is 2.81. The van der Waals surface area contributed by atoms with Crippen molar-refractivity contribution in [3.63, 3.8) is 0 Å². The highest BCUT2D eigenvalue weighted by atomic mass is 19.1. The predicted molar refractivity (Wildman–Crippen MR) is 90.6 cm³/mol. The van der Waals surface area contributed by atoms with Crippen LogP contribution in [0, 0.1) is 5.82 Å². The Morgan fingerprint density at radius 2 is 1.70 bits per heavy atom. The van der Waals surface area contributed by atoms with E-state index in [1.54, 1.807) is 18.2 Å². The lowest BCUT2D eigenvalue weighted by molar-refractivity contribution is -0.121. The molecule has 3 aromatic carbocycles. The number of carbonyl (C=O) groups excluding carboxylic acids is 1. The molecule has 1 N–H and O–H groups in total. The summed E-state index contributed by atoms with van der Waals surface area (Å²) in [6.45, 7) is 1.95. The van der Waals surface area contributed by atoms with Gasteiger partial charge >= 0.3 is 0 Å². The number of nitrogens with one attached hydrogen (secondary N) is 1. The first-order valence-electron chi connectivity index (χ1n) is 7.65. The van der Waals surface area contributed by atoms with Crippen molar-refractivity contribution in [2.24, 2.45) is 0 Å². The van der Waals surface area contributed by atoms with Crippen molar-refractivity contribution < 1.29 is 9.18 Å². The van der Waals surface area contributed by atoms with Gasteiger partial charge in [0.15, 0.2) is 0 Å². The molecule has 0 heterocycles. The second kappa shape index (κ2) is 6.61. The number of hydrogen-bond acceptors (Lipinski definition) is 1. The molecule has 116 valence electrons. The van der Waals surface area contributed by atoms with Gasteiger partial charge in [-0.15, -0.1) is 0 Å². The van der Waals surface area contributed by atoms with E-state index in [0.717, 1.165) is 16.3 Å². The molecule has 0 aliphatic rings. The van der Waals surface area contributed by atoms with Crippen molar-refractivity contribution in [1.82, 2.24) is 5.32 Å². The fraction of sp³-hybridized carbons (Fsp3) is 0.150. The molecule has 0 aliphatic carbocycles. The molecule has 1 atom stereocenters. The van der Waals surface area contributed by atoms with Crippen LogP contribution in [0.4, 0.5) is 4.39 Å². The summed E-state index contributed by atoms with van der Waals surface area (Å²) < 4.78 is 13.6. The van der Waals surface area contributed by atoms with Crippen LogP contribution < -0.4 is 5.32 Å². The van der Waals surface area contributed by atoms with E-state index >= 15 is 0 Å². The van der Waals surface area contributed by atoms with Crippen molar-refractivity contribution in [3.8, 4) is 0 Å². The van der Waals surface area contributed by atoms with E-state index in [9.17, 15) is 9.18 Å². The average molecular weight is 307 g/mol. The summed E-state index contributed by atoms with van der Waals surface area (Å²) in [6, 6.07) is 20.3. The Morgan fingerprint density at radius 3 is 2.52 bits per heavy atom. The Labute approximate surface area is 135 Å². The van der Waals surface area contributed by atoms with E-state index < -0.39 is 0 Å². The van der Waals surface area contributed by atoms with Gasteiger partial charge in [-0.05, 0) is 34.9 Å². The van der Waals surface area contributed by atoms with Gasteiger partial charge < -0.3 is 5.32 Å². The lowest BCUT2D eigenvalue weighted by Gasteiger charge is -2.17. The maximum Gasteiger partial charge on any atom is 0.225 e. The van der Waals surface area contributed by atoms with Crippen LogP contribution >= 0.6 is 0 Å². The van der Waals surface area contributed by atoms with Crippen LogP contribution in [-0.2, 0) is 11.2 Å². The minimum Gasteiger partial charge on any atom is -0.349 e. The van der Waals surface area contributed by atoms with E-state index in [1.807, 2.05) is 49.4 Å². The van der Waals surface area contributed by atoms with Crippen LogP contribution in [0.5, 0.6) is 0 Å². The molecule has 0 radical (unpaired) electrons. The van der Waals surface area contributed by atoms with Crippen LogP contribution in [0.1, 0.15) is 24.1 Å². The number of rotatable bonds is 4. The normalized spacial score (nSPS) is 12.1. The first-order chi connectivity index (χ1) is 11.1. The highest BCUT2D eigenvalue weighted by molar-refractivity contribution is 5.87. The zero-order chi connectivity index (χ0) is 16.2. The Balaban J connectivity index is 1.77. The van der Waals surface area contributed by atoms with Gasteiger partial charge in [-0.1, -0.05) is 60.7 Å². The molecule has 3 heteroatoms. The number of hydrogen-bond donors (Lipinski definition) is 1. The van der Waals surface area contributed by atoms with Gasteiger partial charge in [0.2, 0.25) is 5.91 Å². The first-order valence-corrected chi connectivity index (χ1v) is 7.65. The largest absolute Gasteiger partial charge is 0.349 e. The molecule has 0 aliphatic heterocycles. The summed E-state index contributed by atoms with van der Waals surface area (Å²) in [7, 11) is 0. The van der Waals surface area contributed by atoms with E-state index in [0.29, 0.717) is 5.56 Å². The molecule has 3 aromatic rings. The molecule has 2 nitrogen and oxygen atoms in total. The highest BCUT2D eigenvalue weighted by Gasteiger charge is 2.13. The monoisotopic (exact) mass is 307 g/mol. The van der Waals surface area contributed by atoms with Crippen LogP contribution in [0.25, 0.3) is 10.8 Å². The van der Waals surface area contributed by atoms with Crippen molar-refractivity contribution in [1.29, 1.82) is 0 Å². The number of carbonyl (C=O) groups is 1. The fourth-order valence-corrected chi connectivity index (χ4v) is 2.81. The Morgan fingerprint density at radius 1 is 1.00 bits per heavy atom. The summed E-state index contributed by atoms with van der Waals surface area (Å²) in [6.07, 6.45) is 0.0434. The molecule has 0 bridgehead atoms. The SMILES string of the molecule is C[C@H](NC(=O)Cc1ccccc1F)c1cccc2ccccc12. The maximum absolute atomic E-state index is 13.6. The van der Waals surface area contributed by atoms with Crippen LogP contribution in [-0.4, -0.2) is 5.91 Å². The number of fused-ring (bicyclic) bond motifs is 1. The standard InChI is InChI=1S/C20H18FNO/c1-14(17-11-6-9-15-7-2-4-10-18(15)17)22-20(23)13-16-8-3-5-12-19(16)21/h2-12,14H,13H2,1H3,(H,22,23)/t14-/m0/s1. The third-order valence-corrected chi connectivity index (χ3v) is 3.98. The zero-order valence-electron chi connectivity index (χ0n) is 12.9. The van der Waals surface area contributed by atoms with Crippen LogP contribution in [0.3, 0.4) is 0 Å². The molecule has 0 saturated carbocycles. The third-order valence-electron chi connectivity index (χ3n) is 3.98. The smallest absolute Gasteiger partial charge is 0.225 e. The maximum atomic E-state index is 13.6. The highest BCUT2D eigenvalue weighted by Crippen LogP contribution is 2.24. The van der Waals surface area contributed by atoms with Gasteiger partial charge in [-0.25, -0.2) is 4.39 Å². The molecule has 0 unspecified atom stereocenters. The molecular formula is C20H18FNO. The molecule has 23 heavy (non-hydrogen) atoms. The number of halogens is 1. The van der Waals surface area contributed by atoms with Gasteiger partial charge in [0.1, 0.15) is 5.82 Å². The summed E-state index contributed by atoms with van der Waals surface area (Å²) >= 11 is 0. The van der Waals surface area contributed by atoms with Crippen molar-refractivity contribution in [2.75, 3.05) is 0 Å². The van der Waals surface area contributed by atoms with Gasteiger partial charge in [0.25, 0.3) is 0 Å². The van der Waals surface area contributed by atoms with Gasteiger partial charge in [0, 0.05) is 0 Å². The predicted octanol–water partition coefficient (Wildman–Crippen LogP) is 4.40. The number of amides is 1. The summed E-state index contributed by atoms with van der Waals surface area (Å²) in [4.78, 5) is 12.2. The quantitative estimate of drug-likeness (QED) is 0.760. The van der Waals surface area contributed by atoms with Gasteiger partial charge in [-0.2, -0.15) is 0 Å². The minimum atomic E-state index is -0.347. The molecule has 0 spiro atoms. The van der Waals surface area contributed by atoms with E-state index in [2.05, 4.69) is 5.32 Å². The van der Waals surface area contributed by atoms with E-state index in [4.69, 9.17) is 0 Å². The topological polar surface area (TPSA) is 29.1 Å². The molecule has 0 fully saturated rings. The minimum absolute atomic E-state index is 0.0434. The summed E-state index contributed by atoms with van der Waals surface area (Å²) in [5.74, 6) is -0.531. The zero-order valence-corrected chi connectivity index (χ0v) is 12.9. The van der Waals surface area contributed by atoms with Crippen LogP contribution in [0.15, 0.2) is 66.7 Å².